The van der Waals surface area contributed by atoms with Crippen LogP contribution in [0.3, 0.4) is 0 Å². The quantitative estimate of drug-likeness (QED) is 0.307. The van der Waals surface area contributed by atoms with Crippen molar-refractivity contribution >= 4 is 17.8 Å². The monoisotopic (exact) mass is 393 g/mol. The van der Waals surface area contributed by atoms with Gasteiger partial charge in [-0.1, -0.05) is 57.0 Å². The first-order valence-electron chi connectivity index (χ1n) is 9.62. The molecule has 5 N–H and O–H groups in total. The van der Waals surface area contributed by atoms with Gasteiger partial charge in [-0.25, -0.2) is 4.79 Å². The summed E-state index contributed by atoms with van der Waals surface area (Å²) in [7, 11) is 0. The molecule has 0 aliphatic rings. The number of carbonyl (C=O) groups excluding carboxylic acids is 3. The molecule has 0 heterocycles. The number of nitrogens with one attached hydrogen (secondary N) is 2. The van der Waals surface area contributed by atoms with Gasteiger partial charge in [-0.3, -0.25) is 9.59 Å². The molecule has 2 unspecified atom stereocenters. The SMILES string of the molecule is CCCCOC(=O)[C@@H](NC(=O)CNC(=O)C(O)C(N)CCC)c1ccccc1. The molecule has 0 aliphatic heterocycles. The van der Waals surface area contributed by atoms with E-state index in [9.17, 15) is 19.5 Å². The fourth-order valence-corrected chi connectivity index (χ4v) is 2.49. The minimum atomic E-state index is -1.39. The molecule has 0 fully saturated rings. The van der Waals surface area contributed by atoms with Gasteiger partial charge in [-0.2, -0.15) is 0 Å². The Morgan fingerprint density at radius 1 is 1.14 bits per heavy atom. The van der Waals surface area contributed by atoms with Crippen molar-refractivity contribution in [2.24, 2.45) is 5.73 Å². The van der Waals surface area contributed by atoms with Gasteiger partial charge < -0.3 is 26.2 Å². The predicted octanol–water partition coefficient (Wildman–Crippen LogP) is 0.792. The van der Waals surface area contributed by atoms with E-state index < -0.39 is 36.0 Å². The van der Waals surface area contributed by atoms with Crippen LogP contribution in [0.25, 0.3) is 0 Å². The van der Waals surface area contributed by atoms with Gasteiger partial charge in [0, 0.05) is 6.04 Å². The highest BCUT2D eigenvalue weighted by Gasteiger charge is 2.26. The van der Waals surface area contributed by atoms with E-state index in [4.69, 9.17) is 10.5 Å². The Labute approximate surface area is 165 Å². The molecule has 0 aliphatic carbocycles. The Balaban J connectivity index is 2.66. The van der Waals surface area contributed by atoms with Crippen LogP contribution in [-0.4, -0.2) is 48.2 Å². The molecule has 2 amide bonds. The molecule has 8 heteroatoms. The summed E-state index contributed by atoms with van der Waals surface area (Å²) >= 11 is 0. The molecular weight excluding hydrogens is 362 g/mol. The number of benzene rings is 1. The number of hydrogen-bond acceptors (Lipinski definition) is 6. The lowest BCUT2D eigenvalue weighted by Gasteiger charge is -2.20. The number of aliphatic hydroxyl groups is 1. The van der Waals surface area contributed by atoms with Crippen molar-refractivity contribution < 1.29 is 24.2 Å². The molecule has 0 aromatic heterocycles. The highest BCUT2D eigenvalue weighted by atomic mass is 16.5. The highest BCUT2D eigenvalue weighted by molar-refractivity contribution is 5.90. The van der Waals surface area contributed by atoms with Gasteiger partial charge in [0.25, 0.3) is 5.91 Å². The zero-order chi connectivity index (χ0) is 20.9. The molecule has 0 radical (unpaired) electrons. The van der Waals surface area contributed by atoms with Crippen molar-refractivity contribution in [1.29, 1.82) is 0 Å². The van der Waals surface area contributed by atoms with E-state index in [0.29, 0.717) is 12.0 Å². The Hall–Kier alpha value is -2.45. The van der Waals surface area contributed by atoms with Crippen molar-refractivity contribution in [3.63, 3.8) is 0 Å². The minimum Gasteiger partial charge on any atom is -0.464 e. The fraction of sp³-hybridized carbons (Fsp3) is 0.550. The minimum absolute atomic E-state index is 0.271. The van der Waals surface area contributed by atoms with E-state index in [1.165, 1.54) is 0 Å². The third-order valence-corrected chi connectivity index (χ3v) is 4.14. The summed E-state index contributed by atoms with van der Waals surface area (Å²) in [6.07, 6.45) is 1.43. The predicted molar refractivity (Wildman–Crippen MR) is 105 cm³/mol. The number of nitrogens with two attached hydrogens (primary N) is 1. The Bertz CT molecular complexity index is 624. The maximum Gasteiger partial charge on any atom is 0.333 e. The van der Waals surface area contributed by atoms with Gasteiger partial charge in [0.15, 0.2) is 6.04 Å². The molecule has 0 spiro atoms. The lowest BCUT2D eigenvalue weighted by atomic mass is 10.1. The average molecular weight is 393 g/mol. The zero-order valence-corrected chi connectivity index (χ0v) is 16.5. The van der Waals surface area contributed by atoms with E-state index in [2.05, 4.69) is 10.6 Å². The third-order valence-electron chi connectivity index (χ3n) is 4.14. The lowest BCUT2D eigenvalue weighted by molar-refractivity contribution is -0.148. The van der Waals surface area contributed by atoms with Gasteiger partial charge in [0.2, 0.25) is 5.91 Å². The summed E-state index contributed by atoms with van der Waals surface area (Å²) in [4.78, 5) is 36.5. The number of unbranched alkanes of at least 4 members (excludes halogenated alkanes) is 1. The lowest BCUT2D eigenvalue weighted by Crippen LogP contribution is -2.49. The smallest absolute Gasteiger partial charge is 0.333 e. The van der Waals surface area contributed by atoms with E-state index in [1.54, 1.807) is 30.3 Å². The second kappa shape index (κ2) is 12.9. The molecule has 3 atom stereocenters. The summed E-state index contributed by atoms with van der Waals surface area (Å²) < 4.78 is 5.22. The average Bonchev–Trinajstić information content (AvgIpc) is 2.70. The molecule has 28 heavy (non-hydrogen) atoms. The van der Waals surface area contributed by atoms with Gasteiger partial charge >= 0.3 is 5.97 Å². The fourth-order valence-electron chi connectivity index (χ4n) is 2.49. The zero-order valence-electron chi connectivity index (χ0n) is 16.5. The second-order valence-electron chi connectivity index (χ2n) is 6.55. The van der Waals surface area contributed by atoms with E-state index in [1.807, 2.05) is 13.8 Å². The molecule has 1 aromatic rings. The number of esters is 1. The summed E-state index contributed by atoms with van der Waals surface area (Å²) in [5.74, 6) is -1.87. The van der Waals surface area contributed by atoms with Crippen LogP contribution in [0.15, 0.2) is 30.3 Å². The molecule has 0 bridgehead atoms. The van der Waals surface area contributed by atoms with Gasteiger partial charge in [-0.05, 0) is 18.4 Å². The number of hydrogen-bond donors (Lipinski definition) is 4. The summed E-state index contributed by atoms with van der Waals surface area (Å²) in [6, 6.07) is 7.04. The van der Waals surface area contributed by atoms with Gasteiger partial charge in [-0.15, -0.1) is 0 Å². The van der Waals surface area contributed by atoms with Crippen molar-refractivity contribution in [2.45, 2.75) is 57.7 Å². The van der Waals surface area contributed by atoms with E-state index >= 15 is 0 Å². The standard InChI is InChI=1S/C20H31N3O5/c1-3-5-12-28-20(27)17(14-10-7-6-8-11-14)23-16(24)13-22-19(26)18(25)15(21)9-4-2/h6-8,10-11,15,17-18,25H,3-5,9,12-13,21H2,1-2H3,(H,22,26)(H,23,24)/t15?,17-,18?/m0/s1. The normalized spacial score (nSPS) is 13.9. The largest absolute Gasteiger partial charge is 0.464 e. The van der Waals surface area contributed by atoms with E-state index in [-0.39, 0.29) is 13.2 Å². The molecule has 1 aromatic carbocycles. The molecule has 8 nitrogen and oxygen atoms in total. The van der Waals surface area contributed by atoms with Crippen LogP contribution in [0.2, 0.25) is 0 Å². The summed E-state index contributed by atoms with van der Waals surface area (Å²) in [5, 5.41) is 14.8. The van der Waals surface area contributed by atoms with E-state index in [0.717, 1.165) is 19.3 Å². The molecule has 156 valence electrons. The number of aliphatic hydroxyl groups excluding tert-OH is 1. The molecule has 0 saturated heterocycles. The third kappa shape index (κ3) is 8.06. The van der Waals surface area contributed by atoms with Crippen molar-refractivity contribution in [3.8, 4) is 0 Å². The maximum atomic E-state index is 12.4. The van der Waals surface area contributed by atoms with Crippen LogP contribution in [0, 0.1) is 0 Å². The topological polar surface area (TPSA) is 131 Å². The highest BCUT2D eigenvalue weighted by Crippen LogP contribution is 2.14. The number of ether oxygens (including phenoxy) is 1. The van der Waals surface area contributed by atoms with Crippen molar-refractivity contribution in [3.05, 3.63) is 35.9 Å². The van der Waals surface area contributed by atoms with Crippen LogP contribution in [0.4, 0.5) is 0 Å². The van der Waals surface area contributed by atoms with Gasteiger partial charge in [0.1, 0.15) is 6.10 Å². The van der Waals surface area contributed by atoms with Gasteiger partial charge in [0.05, 0.1) is 13.2 Å². The van der Waals surface area contributed by atoms with Crippen LogP contribution in [0.5, 0.6) is 0 Å². The Morgan fingerprint density at radius 3 is 2.43 bits per heavy atom. The number of amides is 2. The molecular formula is C20H31N3O5. The van der Waals surface area contributed by atoms with Crippen LogP contribution < -0.4 is 16.4 Å². The summed E-state index contributed by atoms with van der Waals surface area (Å²) in [5.41, 5.74) is 6.29. The van der Waals surface area contributed by atoms with Crippen LogP contribution in [0.1, 0.15) is 51.1 Å². The Kier molecular flexibility index (Phi) is 10.8. The van der Waals surface area contributed by atoms with Crippen molar-refractivity contribution in [1.82, 2.24) is 10.6 Å². The first kappa shape index (κ1) is 23.6. The second-order valence-corrected chi connectivity index (χ2v) is 6.55. The first-order valence-corrected chi connectivity index (χ1v) is 9.62. The van der Waals surface area contributed by atoms with Crippen LogP contribution in [-0.2, 0) is 19.1 Å². The summed E-state index contributed by atoms with van der Waals surface area (Å²) in [6.45, 7) is 3.75. The Morgan fingerprint density at radius 2 is 1.82 bits per heavy atom. The molecule has 0 saturated carbocycles. The molecule has 1 rings (SSSR count). The van der Waals surface area contributed by atoms with Crippen LogP contribution >= 0.6 is 0 Å². The number of carbonyl (C=O) groups is 3. The maximum absolute atomic E-state index is 12.4. The van der Waals surface area contributed by atoms with Crippen molar-refractivity contribution in [2.75, 3.05) is 13.2 Å². The first-order chi connectivity index (χ1) is 13.4. The number of rotatable bonds is 12.